The number of piperidine rings is 1. The average Bonchev–Trinajstić information content (AvgIpc) is 3.47. The van der Waals surface area contributed by atoms with Crippen LogP contribution in [0, 0.1) is 5.92 Å². The van der Waals surface area contributed by atoms with Gasteiger partial charge in [-0.15, -0.1) is 0 Å². The third kappa shape index (κ3) is 4.47. The fourth-order valence-corrected chi connectivity index (χ4v) is 3.60. The van der Waals surface area contributed by atoms with Gasteiger partial charge in [-0.3, -0.25) is 9.59 Å². The van der Waals surface area contributed by atoms with Crippen LogP contribution in [0.25, 0.3) is 5.69 Å². The second kappa shape index (κ2) is 8.29. The molecule has 1 atom stereocenters. The molecule has 3 heterocycles. The van der Waals surface area contributed by atoms with Crippen LogP contribution >= 0.6 is 0 Å². The normalized spacial score (nSPS) is 16.9. The van der Waals surface area contributed by atoms with Gasteiger partial charge in [-0.2, -0.15) is 18.3 Å². The molecule has 2 amide bonds. The summed E-state index contributed by atoms with van der Waals surface area (Å²) in [7, 11) is 0. The second-order valence-corrected chi connectivity index (χ2v) is 7.27. The Kier molecular flexibility index (Phi) is 5.53. The number of amides is 2. The van der Waals surface area contributed by atoms with E-state index in [9.17, 15) is 22.8 Å². The smallest absolute Gasteiger partial charge is 0.416 e. The lowest BCUT2D eigenvalue weighted by Crippen LogP contribution is -2.43. The first-order valence-corrected chi connectivity index (χ1v) is 9.66. The summed E-state index contributed by atoms with van der Waals surface area (Å²) in [5, 5.41) is 6.66. The minimum atomic E-state index is -4.55. The molecule has 0 unspecified atom stereocenters. The number of likely N-dealkylation sites (tertiary alicyclic amines) is 1. The quantitative estimate of drug-likeness (QED) is 0.677. The second-order valence-electron chi connectivity index (χ2n) is 7.27. The van der Waals surface area contributed by atoms with E-state index in [1.54, 1.807) is 23.2 Å². The van der Waals surface area contributed by atoms with Gasteiger partial charge in [0.2, 0.25) is 5.91 Å². The molecule has 2 aromatic heterocycles. The van der Waals surface area contributed by atoms with E-state index in [-0.39, 0.29) is 18.1 Å². The highest BCUT2D eigenvalue weighted by Gasteiger charge is 2.33. The first kappa shape index (κ1) is 20.7. The molecule has 3 aromatic rings. The van der Waals surface area contributed by atoms with E-state index in [1.165, 1.54) is 29.5 Å². The Labute approximate surface area is 175 Å². The van der Waals surface area contributed by atoms with E-state index >= 15 is 0 Å². The predicted molar refractivity (Wildman–Crippen MR) is 105 cm³/mol. The van der Waals surface area contributed by atoms with Gasteiger partial charge in [0.25, 0.3) is 5.91 Å². The van der Waals surface area contributed by atoms with Gasteiger partial charge in [0.1, 0.15) is 6.26 Å². The van der Waals surface area contributed by atoms with Crippen LogP contribution in [-0.4, -0.2) is 39.6 Å². The highest BCUT2D eigenvalue weighted by atomic mass is 19.4. The van der Waals surface area contributed by atoms with E-state index in [0.717, 1.165) is 12.1 Å². The Balaban J connectivity index is 1.55. The summed E-state index contributed by atoms with van der Waals surface area (Å²) in [5.74, 6) is -1.25. The molecule has 7 nitrogen and oxygen atoms in total. The third-order valence-electron chi connectivity index (χ3n) is 5.18. The van der Waals surface area contributed by atoms with Crippen LogP contribution in [-0.2, 0) is 11.0 Å². The van der Waals surface area contributed by atoms with Gasteiger partial charge in [-0.25, -0.2) is 4.68 Å². The number of benzene rings is 1. The molecule has 0 radical (unpaired) electrons. The van der Waals surface area contributed by atoms with Crippen molar-refractivity contribution < 1.29 is 27.2 Å². The number of hydrogen-bond donors (Lipinski definition) is 1. The lowest BCUT2D eigenvalue weighted by atomic mass is 9.96. The average molecular weight is 432 g/mol. The van der Waals surface area contributed by atoms with Crippen molar-refractivity contribution >= 4 is 17.5 Å². The van der Waals surface area contributed by atoms with Gasteiger partial charge in [0, 0.05) is 25.5 Å². The number of carbonyl (C=O) groups is 2. The van der Waals surface area contributed by atoms with Crippen LogP contribution < -0.4 is 5.32 Å². The summed E-state index contributed by atoms with van der Waals surface area (Å²) in [6.45, 7) is 0.668. The van der Waals surface area contributed by atoms with Crippen LogP contribution in [0.2, 0.25) is 0 Å². The summed E-state index contributed by atoms with van der Waals surface area (Å²) in [5.41, 5.74) is -0.172. The molecule has 1 aliphatic rings. The molecule has 162 valence electrons. The molecule has 10 heteroatoms. The summed E-state index contributed by atoms with van der Waals surface area (Å²) in [6.07, 6.45) is 2.37. The number of carbonyl (C=O) groups excluding carboxylic acids is 2. The maximum atomic E-state index is 13.2. The number of aromatic nitrogens is 2. The lowest BCUT2D eigenvalue weighted by Gasteiger charge is -2.32. The van der Waals surface area contributed by atoms with Crippen molar-refractivity contribution in [1.29, 1.82) is 0 Å². The van der Waals surface area contributed by atoms with Gasteiger partial charge in [-0.1, -0.05) is 0 Å². The fraction of sp³-hybridized carbons (Fsp3) is 0.286. The van der Waals surface area contributed by atoms with E-state index in [2.05, 4.69) is 10.4 Å². The standard InChI is InChI=1S/C21H19F3N4O3/c22-21(23,24)16-4-5-18(28-9-2-7-25-28)17(11-16)26-19(29)14-3-1-8-27(12-14)20(30)15-6-10-31-13-15/h2,4-7,9-11,13-14H,1,3,8,12H2,(H,26,29)/t14-/m1/s1. The molecule has 1 fully saturated rings. The van der Waals surface area contributed by atoms with Gasteiger partial charge < -0.3 is 14.6 Å². The van der Waals surface area contributed by atoms with Crippen molar-refractivity contribution in [3.63, 3.8) is 0 Å². The number of halogens is 3. The summed E-state index contributed by atoms with van der Waals surface area (Å²) >= 11 is 0. The van der Waals surface area contributed by atoms with Crippen molar-refractivity contribution in [3.8, 4) is 5.69 Å². The minimum Gasteiger partial charge on any atom is -0.472 e. The lowest BCUT2D eigenvalue weighted by molar-refractivity contribution is -0.137. The van der Waals surface area contributed by atoms with Gasteiger partial charge in [-0.05, 0) is 43.2 Å². The number of rotatable bonds is 4. The maximum Gasteiger partial charge on any atom is 0.416 e. The summed E-state index contributed by atoms with van der Waals surface area (Å²) < 4.78 is 46.0. The topological polar surface area (TPSA) is 80.4 Å². The van der Waals surface area contributed by atoms with Crippen LogP contribution in [0.1, 0.15) is 28.8 Å². The minimum absolute atomic E-state index is 0.00168. The summed E-state index contributed by atoms with van der Waals surface area (Å²) in [6, 6.07) is 6.28. The van der Waals surface area contributed by atoms with Crippen molar-refractivity contribution in [1.82, 2.24) is 14.7 Å². The Morgan fingerprint density at radius 3 is 2.74 bits per heavy atom. The zero-order valence-electron chi connectivity index (χ0n) is 16.3. The number of nitrogens with one attached hydrogen (secondary N) is 1. The molecule has 0 bridgehead atoms. The van der Waals surface area contributed by atoms with Crippen molar-refractivity contribution in [3.05, 3.63) is 66.4 Å². The van der Waals surface area contributed by atoms with Crippen LogP contribution in [0.3, 0.4) is 0 Å². The largest absolute Gasteiger partial charge is 0.472 e. The number of nitrogens with zero attached hydrogens (tertiary/aromatic N) is 3. The summed E-state index contributed by atoms with van der Waals surface area (Å²) in [4.78, 5) is 27.0. The number of furan rings is 1. The zero-order valence-corrected chi connectivity index (χ0v) is 16.3. The molecule has 1 saturated heterocycles. The molecule has 4 rings (SSSR count). The SMILES string of the molecule is O=C(Nc1cc(C(F)(F)F)ccc1-n1cccn1)[C@@H]1CCCN(C(=O)c2ccoc2)C1. The Bertz CT molecular complexity index is 1060. The predicted octanol–water partition coefficient (Wildman–Crippen LogP) is 3.98. The molecule has 1 aliphatic heterocycles. The van der Waals surface area contributed by atoms with Crippen molar-refractivity contribution in [2.45, 2.75) is 19.0 Å². The monoisotopic (exact) mass is 432 g/mol. The molecular weight excluding hydrogens is 413 g/mol. The van der Waals surface area contributed by atoms with E-state index in [1.807, 2.05) is 0 Å². The highest BCUT2D eigenvalue weighted by Crippen LogP contribution is 2.33. The molecule has 0 aliphatic carbocycles. The van der Waals surface area contributed by atoms with Crippen molar-refractivity contribution in [2.24, 2.45) is 5.92 Å². The molecular formula is C21H19F3N4O3. The first-order valence-electron chi connectivity index (χ1n) is 9.66. The fourth-order valence-electron chi connectivity index (χ4n) is 3.60. The molecule has 1 aromatic carbocycles. The number of alkyl halides is 3. The molecule has 0 saturated carbocycles. The van der Waals surface area contributed by atoms with Crippen LogP contribution in [0.4, 0.5) is 18.9 Å². The maximum absolute atomic E-state index is 13.2. The van der Waals surface area contributed by atoms with Gasteiger partial charge >= 0.3 is 6.18 Å². The number of anilines is 1. The van der Waals surface area contributed by atoms with E-state index in [4.69, 9.17) is 4.42 Å². The van der Waals surface area contributed by atoms with E-state index < -0.39 is 23.6 Å². The first-order chi connectivity index (χ1) is 14.8. The van der Waals surface area contributed by atoms with Crippen LogP contribution in [0.5, 0.6) is 0 Å². The van der Waals surface area contributed by atoms with Crippen molar-refractivity contribution in [2.75, 3.05) is 18.4 Å². The van der Waals surface area contributed by atoms with E-state index in [0.29, 0.717) is 30.6 Å². The zero-order chi connectivity index (χ0) is 22.0. The Morgan fingerprint density at radius 1 is 1.23 bits per heavy atom. The van der Waals surface area contributed by atoms with Gasteiger partial charge in [0.05, 0.1) is 34.7 Å². The Hall–Kier alpha value is -3.56. The molecule has 0 spiro atoms. The van der Waals surface area contributed by atoms with Gasteiger partial charge in [0.15, 0.2) is 0 Å². The molecule has 31 heavy (non-hydrogen) atoms. The Morgan fingerprint density at radius 2 is 2.06 bits per heavy atom. The third-order valence-corrected chi connectivity index (χ3v) is 5.18. The van der Waals surface area contributed by atoms with Crippen LogP contribution in [0.15, 0.2) is 59.7 Å². The molecule has 1 N–H and O–H groups in total. The number of hydrogen-bond acceptors (Lipinski definition) is 4. The highest BCUT2D eigenvalue weighted by molar-refractivity contribution is 5.97.